The van der Waals surface area contributed by atoms with Gasteiger partial charge >= 0.3 is 0 Å². The quantitative estimate of drug-likeness (QED) is 0.879. The standard InChI is InChI=1S/C19H29NO/c1-18(2)16-9-10-19(18,3)17(11-16)21-13-15-8-6-5-7-14(15)12-20-4/h5-8,16-17,20H,9-13H2,1-4H3. The van der Waals surface area contributed by atoms with Crippen molar-refractivity contribution in [1.82, 2.24) is 5.32 Å². The van der Waals surface area contributed by atoms with Gasteiger partial charge in [0.25, 0.3) is 0 Å². The first kappa shape index (κ1) is 15.1. The second-order valence-electron chi connectivity index (χ2n) is 7.71. The van der Waals surface area contributed by atoms with Crippen molar-refractivity contribution in [1.29, 1.82) is 0 Å². The first-order chi connectivity index (χ1) is 9.99. The topological polar surface area (TPSA) is 21.3 Å². The van der Waals surface area contributed by atoms with Crippen LogP contribution in [0.2, 0.25) is 0 Å². The van der Waals surface area contributed by atoms with Crippen LogP contribution in [0.1, 0.15) is 51.2 Å². The first-order valence-corrected chi connectivity index (χ1v) is 8.32. The number of hydrogen-bond acceptors (Lipinski definition) is 2. The Morgan fingerprint density at radius 2 is 1.90 bits per heavy atom. The van der Waals surface area contributed by atoms with Crippen LogP contribution >= 0.6 is 0 Å². The summed E-state index contributed by atoms with van der Waals surface area (Å²) in [5.74, 6) is 0.847. The zero-order valence-corrected chi connectivity index (χ0v) is 13.9. The minimum atomic E-state index is 0.357. The predicted octanol–water partition coefficient (Wildman–Crippen LogP) is 4.14. The monoisotopic (exact) mass is 287 g/mol. The average molecular weight is 287 g/mol. The molecule has 2 bridgehead atoms. The van der Waals surface area contributed by atoms with Crippen molar-refractivity contribution in [2.45, 2.75) is 59.3 Å². The van der Waals surface area contributed by atoms with Gasteiger partial charge in [-0.2, -0.15) is 0 Å². The van der Waals surface area contributed by atoms with E-state index in [1.807, 2.05) is 7.05 Å². The maximum atomic E-state index is 6.42. The van der Waals surface area contributed by atoms with Crippen molar-refractivity contribution < 1.29 is 4.74 Å². The van der Waals surface area contributed by atoms with Crippen molar-refractivity contribution >= 4 is 0 Å². The number of fused-ring (bicyclic) bond motifs is 2. The zero-order chi connectivity index (χ0) is 15.1. The van der Waals surface area contributed by atoms with Crippen LogP contribution in [0, 0.1) is 16.7 Å². The summed E-state index contributed by atoms with van der Waals surface area (Å²) in [6.07, 6.45) is 4.39. The summed E-state index contributed by atoms with van der Waals surface area (Å²) in [6.45, 7) is 9.01. The lowest BCUT2D eigenvalue weighted by Crippen LogP contribution is -2.37. The Labute approximate surface area is 129 Å². The molecule has 2 heteroatoms. The van der Waals surface area contributed by atoms with E-state index in [-0.39, 0.29) is 0 Å². The summed E-state index contributed by atoms with van der Waals surface area (Å²) in [5, 5.41) is 3.24. The van der Waals surface area contributed by atoms with E-state index >= 15 is 0 Å². The molecule has 0 aliphatic heterocycles. The molecule has 2 saturated carbocycles. The number of benzene rings is 1. The van der Waals surface area contributed by atoms with Gasteiger partial charge in [-0.15, -0.1) is 0 Å². The van der Waals surface area contributed by atoms with Gasteiger partial charge < -0.3 is 10.1 Å². The van der Waals surface area contributed by atoms with Crippen molar-refractivity contribution in [2.75, 3.05) is 7.05 Å². The highest BCUT2D eigenvalue weighted by atomic mass is 16.5. The molecule has 0 spiro atoms. The fourth-order valence-electron chi connectivity index (χ4n) is 4.63. The summed E-state index contributed by atoms with van der Waals surface area (Å²) in [6, 6.07) is 8.62. The molecular weight excluding hydrogens is 258 g/mol. The van der Waals surface area contributed by atoms with Crippen LogP contribution in [0.25, 0.3) is 0 Å². The average Bonchev–Trinajstić information content (AvgIpc) is 2.79. The van der Waals surface area contributed by atoms with Crippen LogP contribution in [0.5, 0.6) is 0 Å². The number of rotatable bonds is 5. The fourth-order valence-corrected chi connectivity index (χ4v) is 4.63. The van der Waals surface area contributed by atoms with Gasteiger partial charge in [0.1, 0.15) is 0 Å². The van der Waals surface area contributed by atoms with E-state index in [9.17, 15) is 0 Å². The first-order valence-electron chi connectivity index (χ1n) is 8.32. The number of hydrogen-bond donors (Lipinski definition) is 1. The molecule has 0 saturated heterocycles. The molecule has 1 aromatic rings. The van der Waals surface area contributed by atoms with Crippen molar-refractivity contribution in [2.24, 2.45) is 16.7 Å². The predicted molar refractivity (Wildman–Crippen MR) is 87.0 cm³/mol. The lowest BCUT2D eigenvalue weighted by Gasteiger charge is -2.39. The van der Waals surface area contributed by atoms with Crippen LogP contribution in [0.3, 0.4) is 0 Å². The van der Waals surface area contributed by atoms with Gasteiger partial charge in [0.05, 0.1) is 12.7 Å². The summed E-state index contributed by atoms with van der Waals surface area (Å²) in [5.41, 5.74) is 3.47. The highest BCUT2D eigenvalue weighted by Gasteiger charge is 2.61. The van der Waals surface area contributed by atoms with Gasteiger partial charge in [-0.25, -0.2) is 0 Å². The maximum absolute atomic E-state index is 6.42. The van der Waals surface area contributed by atoms with Crippen LogP contribution in [0.4, 0.5) is 0 Å². The Morgan fingerprint density at radius 1 is 1.19 bits per heavy atom. The minimum absolute atomic E-state index is 0.357. The molecule has 3 unspecified atom stereocenters. The van der Waals surface area contributed by atoms with Gasteiger partial charge in [-0.05, 0) is 54.2 Å². The molecular formula is C19H29NO. The summed E-state index contributed by atoms with van der Waals surface area (Å²) in [7, 11) is 2.00. The Hall–Kier alpha value is -0.860. The van der Waals surface area contributed by atoms with Gasteiger partial charge in [-0.1, -0.05) is 45.0 Å². The molecule has 1 aromatic carbocycles. The number of ether oxygens (including phenoxy) is 1. The summed E-state index contributed by atoms with van der Waals surface area (Å²) in [4.78, 5) is 0. The van der Waals surface area contributed by atoms with Crippen molar-refractivity contribution in [3.8, 4) is 0 Å². The third-order valence-electron chi connectivity index (χ3n) is 6.64. The molecule has 1 N–H and O–H groups in total. The van der Waals surface area contributed by atoms with Gasteiger partial charge in [0, 0.05) is 6.54 Å². The zero-order valence-electron chi connectivity index (χ0n) is 13.9. The van der Waals surface area contributed by atoms with E-state index in [2.05, 4.69) is 50.4 Å². The van der Waals surface area contributed by atoms with Gasteiger partial charge in [0.2, 0.25) is 0 Å². The van der Waals surface area contributed by atoms with E-state index in [1.165, 1.54) is 30.4 Å². The van der Waals surface area contributed by atoms with E-state index < -0.39 is 0 Å². The molecule has 116 valence electrons. The fraction of sp³-hybridized carbons (Fsp3) is 0.684. The molecule has 2 fully saturated rings. The summed E-state index contributed by atoms with van der Waals surface area (Å²) < 4.78 is 6.42. The highest BCUT2D eigenvalue weighted by Crippen LogP contribution is 2.66. The third kappa shape index (κ3) is 2.33. The van der Waals surface area contributed by atoms with Gasteiger partial charge in [0.15, 0.2) is 0 Å². The molecule has 0 aromatic heterocycles. The number of nitrogens with one attached hydrogen (secondary N) is 1. The van der Waals surface area contributed by atoms with E-state index in [0.717, 1.165) is 19.1 Å². The molecule has 0 radical (unpaired) electrons. The molecule has 2 aliphatic carbocycles. The smallest absolute Gasteiger partial charge is 0.0724 e. The molecule has 0 amide bonds. The molecule has 21 heavy (non-hydrogen) atoms. The van der Waals surface area contributed by atoms with E-state index in [1.54, 1.807) is 0 Å². The van der Waals surface area contributed by atoms with Gasteiger partial charge in [-0.3, -0.25) is 0 Å². The molecule has 3 rings (SSSR count). The second kappa shape index (κ2) is 5.40. The molecule has 2 nitrogen and oxygen atoms in total. The molecule has 2 aliphatic rings. The lowest BCUT2D eigenvalue weighted by atomic mass is 9.70. The Morgan fingerprint density at radius 3 is 2.48 bits per heavy atom. The van der Waals surface area contributed by atoms with E-state index in [0.29, 0.717) is 16.9 Å². The summed E-state index contributed by atoms with van der Waals surface area (Å²) >= 11 is 0. The SMILES string of the molecule is CNCc1ccccc1COC1CC2CCC1(C)C2(C)C. The highest BCUT2D eigenvalue weighted by molar-refractivity contribution is 5.26. The van der Waals surface area contributed by atoms with Crippen LogP contribution < -0.4 is 5.32 Å². The maximum Gasteiger partial charge on any atom is 0.0724 e. The van der Waals surface area contributed by atoms with E-state index in [4.69, 9.17) is 4.74 Å². The molecule has 0 heterocycles. The second-order valence-corrected chi connectivity index (χ2v) is 7.71. The largest absolute Gasteiger partial charge is 0.373 e. The Bertz CT molecular complexity index is 510. The normalized spacial score (nSPS) is 33.5. The Balaban J connectivity index is 1.70. The Kier molecular flexibility index (Phi) is 3.87. The van der Waals surface area contributed by atoms with Crippen LogP contribution in [-0.2, 0) is 17.9 Å². The molecule has 3 atom stereocenters. The van der Waals surface area contributed by atoms with Crippen LogP contribution in [0.15, 0.2) is 24.3 Å². The van der Waals surface area contributed by atoms with Crippen LogP contribution in [-0.4, -0.2) is 13.2 Å². The minimum Gasteiger partial charge on any atom is -0.373 e. The third-order valence-corrected chi connectivity index (χ3v) is 6.64. The van der Waals surface area contributed by atoms with Crippen molar-refractivity contribution in [3.05, 3.63) is 35.4 Å². The lowest BCUT2D eigenvalue weighted by molar-refractivity contribution is -0.0552. The van der Waals surface area contributed by atoms with Crippen molar-refractivity contribution in [3.63, 3.8) is 0 Å².